The fourth-order valence-corrected chi connectivity index (χ4v) is 3.16. The number of hydrogen-bond acceptors (Lipinski definition) is 6. The molecule has 0 bridgehead atoms. The molecule has 2 heterocycles. The zero-order chi connectivity index (χ0) is 13.7. The summed E-state index contributed by atoms with van der Waals surface area (Å²) in [6.07, 6.45) is 3.17. The van der Waals surface area contributed by atoms with Crippen LogP contribution in [0.4, 0.5) is 0 Å². The van der Waals surface area contributed by atoms with Crippen LogP contribution >= 0.6 is 23.5 Å². The summed E-state index contributed by atoms with van der Waals surface area (Å²) < 4.78 is 5.06. The Morgan fingerprint density at radius 2 is 2.37 bits per heavy atom. The summed E-state index contributed by atoms with van der Waals surface area (Å²) in [6, 6.07) is 0. The third-order valence-corrected chi connectivity index (χ3v) is 4.41. The van der Waals surface area contributed by atoms with Crippen molar-refractivity contribution in [2.45, 2.75) is 0 Å². The van der Waals surface area contributed by atoms with Gasteiger partial charge in [0.1, 0.15) is 5.75 Å². The predicted octanol–water partition coefficient (Wildman–Crippen LogP) is -0.196. The molecule has 6 nitrogen and oxygen atoms in total. The molecule has 8 heteroatoms. The molecule has 0 unspecified atom stereocenters. The van der Waals surface area contributed by atoms with Gasteiger partial charge in [-0.25, -0.2) is 4.79 Å². The van der Waals surface area contributed by atoms with E-state index in [1.54, 1.807) is 10.9 Å². The van der Waals surface area contributed by atoms with Gasteiger partial charge in [0.15, 0.2) is 17.9 Å². The molecule has 0 aromatic carbocycles. The highest BCUT2D eigenvalue weighted by Crippen LogP contribution is 2.06. The zero-order valence-corrected chi connectivity index (χ0v) is 12.2. The largest absolute Gasteiger partial charge is 0.473 e. The van der Waals surface area contributed by atoms with E-state index in [4.69, 9.17) is 4.52 Å². The number of hydrogen-bond donors (Lipinski definition) is 1. The second-order valence-corrected chi connectivity index (χ2v) is 6.17. The maximum absolute atomic E-state index is 12.0. The van der Waals surface area contributed by atoms with Gasteiger partial charge in [0.25, 0.3) is 0 Å². The van der Waals surface area contributed by atoms with Gasteiger partial charge < -0.3 is 5.11 Å². The summed E-state index contributed by atoms with van der Waals surface area (Å²) in [5.41, 5.74) is 0. The lowest BCUT2D eigenvalue weighted by atomic mass is 10.6. The molecule has 1 aliphatic rings. The van der Waals surface area contributed by atoms with Crippen LogP contribution in [0.15, 0.2) is 23.4 Å². The van der Waals surface area contributed by atoms with Crippen LogP contribution in [0.25, 0.3) is 0 Å². The van der Waals surface area contributed by atoms with E-state index in [0.717, 1.165) is 29.4 Å². The summed E-state index contributed by atoms with van der Waals surface area (Å²) in [7, 11) is 0. The predicted molar refractivity (Wildman–Crippen MR) is 74.2 cm³/mol. The van der Waals surface area contributed by atoms with Crippen LogP contribution in [0.2, 0.25) is 0 Å². The molecule has 0 saturated carbocycles. The van der Waals surface area contributed by atoms with Crippen LogP contribution in [0.1, 0.15) is 4.79 Å². The normalized spacial score (nSPS) is 15.5. The molecule has 1 saturated heterocycles. The van der Waals surface area contributed by atoms with Crippen molar-refractivity contribution in [1.29, 1.82) is 0 Å². The van der Waals surface area contributed by atoms with Crippen molar-refractivity contribution < 1.29 is 24.1 Å². The van der Waals surface area contributed by atoms with E-state index in [9.17, 15) is 9.90 Å². The highest BCUT2D eigenvalue weighted by Gasteiger charge is 2.38. The number of aromatic hydroxyl groups is 1. The van der Waals surface area contributed by atoms with Crippen molar-refractivity contribution in [3.8, 4) is 5.95 Å². The Balaban J connectivity index is 2.10. The van der Waals surface area contributed by atoms with Gasteiger partial charge in [-0.2, -0.15) is 16.3 Å². The Bertz CT molecular complexity index is 458. The summed E-state index contributed by atoms with van der Waals surface area (Å²) in [4.78, 5) is 14.7. The molecule has 0 spiro atoms. The van der Waals surface area contributed by atoms with Crippen LogP contribution in [0.5, 0.6) is 5.95 Å². The molecule has 0 atom stereocenters. The Morgan fingerprint density at radius 1 is 1.63 bits per heavy atom. The quantitative estimate of drug-likeness (QED) is 0.462. The molecule has 2 rings (SSSR count). The van der Waals surface area contributed by atoms with Gasteiger partial charge in [0, 0.05) is 17.3 Å². The van der Waals surface area contributed by atoms with Gasteiger partial charge >= 0.3 is 18.1 Å². The first kappa shape index (κ1) is 14.3. The van der Waals surface area contributed by atoms with Crippen molar-refractivity contribution in [1.82, 2.24) is 0 Å². The van der Waals surface area contributed by atoms with Crippen LogP contribution in [-0.4, -0.2) is 47.1 Å². The first-order valence-corrected chi connectivity index (χ1v) is 8.25. The monoisotopic (exact) mass is 303 g/mol. The van der Waals surface area contributed by atoms with Crippen molar-refractivity contribution in [3.63, 3.8) is 0 Å². The molecule has 19 heavy (non-hydrogen) atoms. The number of carbonyl (C=O) groups is 1. The van der Waals surface area contributed by atoms with Crippen LogP contribution in [-0.2, 0) is 0 Å². The summed E-state index contributed by atoms with van der Waals surface area (Å²) in [6.45, 7) is 5.25. The van der Waals surface area contributed by atoms with E-state index in [0.29, 0.717) is 5.75 Å². The molecule has 0 radical (unpaired) electrons. The highest BCUT2D eigenvalue weighted by atomic mass is 32.2. The Morgan fingerprint density at radius 3 is 3.05 bits per heavy atom. The van der Waals surface area contributed by atoms with E-state index in [2.05, 4.69) is 6.58 Å². The standard InChI is InChI=1S/C11H16N3O3S2/c1-2-5-19-9-10(15)14-13(8-11(16)17-14)12-3-6-18-7-4-12/h2,8H,1,3-7,9H2/q+1/p+1. The Kier molecular flexibility index (Phi) is 5.15. The minimum atomic E-state index is -0.264. The fourth-order valence-electron chi connectivity index (χ4n) is 1.71. The fraction of sp³-hybridized carbons (Fsp3) is 0.545. The molecule has 104 valence electrons. The lowest BCUT2D eigenvalue weighted by molar-refractivity contribution is -1.26. The van der Waals surface area contributed by atoms with Crippen LogP contribution < -0.4 is 14.7 Å². The average molecular weight is 303 g/mol. The van der Waals surface area contributed by atoms with Gasteiger partial charge in [-0.05, 0) is 5.01 Å². The summed E-state index contributed by atoms with van der Waals surface area (Å²) in [5, 5.41) is 11.5. The van der Waals surface area contributed by atoms with Gasteiger partial charge in [-0.1, -0.05) is 6.08 Å². The lowest BCUT2D eigenvalue weighted by Gasteiger charge is -2.12. The lowest BCUT2D eigenvalue weighted by Crippen LogP contribution is -2.79. The number of rotatable bonds is 5. The van der Waals surface area contributed by atoms with E-state index < -0.39 is 0 Å². The van der Waals surface area contributed by atoms with Crippen LogP contribution in [0, 0.1) is 0 Å². The second-order valence-electron chi connectivity index (χ2n) is 3.92. The number of nitrogens with zero attached hydrogens (tertiary/aromatic N) is 3. The van der Waals surface area contributed by atoms with E-state index in [1.807, 2.05) is 16.8 Å². The maximum atomic E-state index is 12.0. The molecular formula is C11H17N3O3S2+2. The molecule has 0 amide bonds. The third kappa shape index (κ3) is 3.66. The van der Waals surface area contributed by atoms with Gasteiger partial charge in [-0.15, -0.1) is 18.3 Å². The van der Waals surface area contributed by atoms with Crippen LogP contribution in [0.3, 0.4) is 0 Å². The second kappa shape index (κ2) is 6.85. The molecule has 1 N–H and O–H groups in total. The van der Waals surface area contributed by atoms with Crippen molar-refractivity contribution in [2.75, 3.05) is 41.1 Å². The maximum Gasteiger partial charge on any atom is 0.427 e. The van der Waals surface area contributed by atoms with Gasteiger partial charge in [0.2, 0.25) is 4.85 Å². The van der Waals surface area contributed by atoms with E-state index in [1.165, 1.54) is 18.0 Å². The third-order valence-electron chi connectivity index (χ3n) is 2.54. The van der Waals surface area contributed by atoms with Crippen molar-refractivity contribution in [3.05, 3.63) is 18.9 Å². The smallest absolute Gasteiger partial charge is 0.427 e. The highest BCUT2D eigenvalue weighted by molar-refractivity contribution is 8.00. The van der Waals surface area contributed by atoms with Crippen molar-refractivity contribution in [2.24, 2.45) is 0 Å². The number of aromatic nitrogens is 2. The SMILES string of the molecule is C=CCSCC(=O)[n+]1oc(O)c[n+]1N1CCSCC1. The van der Waals surface area contributed by atoms with Gasteiger partial charge in [0.05, 0.1) is 0 Å². The number of thioether (sulfide) groups is 2. The molecule has 0 aliphatic carbocycles. The zero-order valence-electron chi connectivity index (χ0n) is 10.5. The molecule has 1 aromatic heterocycles. The number of carbonyl (C=O) groups excluding carboxylic acids is 1. The summed E-state index contributed by atoms with van der Waals surface area (Å²) in [5.74, 6) is 2.52. The molecule has 1 aromatic rings. The van der Waals surface area contributed by atoms with Crippen molar-refractivity contribution >= 4 is 29.4 Å². The minimum absolute atomic E-state index is 0.203. The Labute approximate surface area is 120 Å². The minimum Gasteiger partial charge on any atom is -0.473 e. The summed E-state index contributed by atoms with van der Waals surface area (Å²) >= 11 is 3.33. The van der Waals surface area contributed by atoms with E-state index in [-0.39, 0.29) is 17.6 Å². The van der Waals surface area contributed by atoms with Gasteiger partial charge in [-0.3, -0.25) is 0 Å². The first-order chi connectivity index (χ1) is 9.22. The molecular weight excluding hydrogens is 286 g/mol. The average Bonchev–Trinajstić information content (AvgIpc) is 2.82. The topological polar surface area (TPSA) is 61.4 Å². The molecule has 1 fully saturated rings. The molecule has 1 aliphatic heterocycles. The Hall–Kier alpha value is -1.15. The van der Waals surface area contributed by atoms with E-state index >= 15 is 0 Å². The first-order valence-electron chi connectivity index (χ1n) is 5.94.